The number of anilines is 1. The minimum atomic E-state index is -0.542. The van der Waals surface area contributed by atoms with Crippen molar-refractivity contribution in [1.82, 2.24) is 0 Å². The SMILES string of the molecule is COCCSc1ccccc1C(=O)Nc1ccc([N+](=O)[O-])cc1Cl. The number of hydrogen-bond acceptors (Lipinski definition) is 5. The summed E-state index contributed by atoms with van der Waals surface area (Å²) >= 11 is 7.52. The fourth-order valence-corrected chi connectivity index (χ4v) is 3.11. The highest BCUT2D eigenvalue weighted by Gasteiger charge is 2.15. The number of amides is 1. The largest absolute Gasteiger partial charge is 0.384 e. The van der Waals surface area contributed by atoms with Gasteiger partial charge in [0.25, 0.3) is 11.6 Å². The van der Waals surface area contributed by atoms with Gasteiger partial charge in [-0.2, -0.15) is 0 Å². The van der Waals surface area contributed by atoms with E-state index < -0.39 is 4.92 Å². The van der Waals surface area contributed by atoms with Gasteiger partial charge in [0.05, 0.1) is 27.8 Å². The number of carbonyl (C=O) groups is 1. The Bertz CT molecular complexity index is 755. The molecule has 0 spiro atoms. The van der Waals surface area contributed by atoms with Gasteiger partial charge in [0.15, 0.2) is 0 Å². The zero-order chi connectivity index (χ0) is 17.5. The topological polar surface area (TPSA) is 81.5 Å². The highest BCUT2D eigenvalue weighted by atomic mass is 35.5. The fourth-order valence-electron chi connectivity index (χ4n) is 1.92. The van der Waals surface area contributed by atoms with Gasteiger partial charge >= 0.3 is 0 Å². The number of hydrogen-bond donors (Lipinski definition) is 1. The van der Waals surface area contributed by atoms with Crippen LogP contribution in [-0.2, 0) is 4.74 Å². The summed E-state index contributed by atoms with van der Waals surface area (Å²) in [6.07, 6.45) is 0. The number of benzene rings is 2. The van der Waals surface area contributed by atoms with Crippen molar-refractivity contribution in [2.24, 2.45) is 0 Å². The van der Waals surface area contributed by atoms with Gasteiger partial charge < -0.3 is 10.1 Å². The van der Waals surface area contributed by atoms with Crippen LogP contribution < -0.4 is 5.32 Å². The van der Waals surface area contributed by atoms with Crippen molar-refractivity contribution in [2.45, 2.75) is 4.90 Å². The summed E-state index contributed by atoms with van der Waals surface area (Å²) in [5.41, 5.74) is 0.700. The van der Waals surface area contributed by atoms with Crippen LogP contribution in [0, 0.1) is 10.1 Å². The van der Waals surface area contributed by atoms with Crippen molar-refractivity contribution in [2.75, 3.05) is 24.8 Å². The van der Waals surface area contributed by atoms with Crippen LogP contribution in [0.1, 0.15) is 10.4 Å². The van der Waals surface area contributed by atoms with Gasteiger partial charge in [-0.05, 0) is 18.2 Å². The first kappa shape index (κ1) is 18.3. The van der Waals surface area contributed by atoms with Crippen LogP contribution in [0.4, 0.5) is 11.4 Å². The molecular formula is C16H15ClN2O4S. The molecule has 0 aliphatic heterocycles. The molecule has 1 amide bonds. The fraction of sp³-hybridized carbons (Fsp3) is 0.188. The molecule has 1 N–H and O–H groups in total. The third kappa shape index (κ3) is 4.70. The van der Waals surface area contributed by atoms with Crippen LogP contribution in [0.5, 0.6) is 0 Å². The lowest BCUT2D eigenvalue weighted by molar-refractivity contribution is -0.384. The van der Waals surface area contributed by atoms with E-state index in [9.17, 15) is 14.9 Å². The van der Waals surface area contributed by atoms with Crippen LogP contribution in [0.15, 0.2) is 47.4 Å². The van der Waals surface area contributed by atoms with Gasteiger partial charge in [-0.15, -0.1) is 11.8 Å². The lowest BCUT2D eigenvalue weighted by Crippen LogP contribution is -2.13. The van der Waals surface area contributed by atoms with Crippen LogP contribution in [0.2, 0.25) is 5.02 Å². The van der Waals surface area contributed by atoms with Gasteiger partial charge in [-0.1, -0.05) is 23.7 Å². The summed E-state index contributed by atoms with van der Waals surface area (Å²) in [7, 11) is 1.62. The molecule has 6 nitrogen and oxygen atoms in total. The van der Waals surface area contributed by atoms with E-state index in [1.54, 1.807) is 19.2 Å². The molecule has 0 atom stereocenters. The molecule has 0 saturated carbocycles. The zero-order valence-corrected chi connectivity index (χ0v) is 14.4. The molecule has 0 radical (unpaired) electrons. The second kappa shape index (κ2) is 8.68. The van der Waals surface area contributed by atoms with Crippen molar-refractivity contribution in [3.8, 4) is 0 Å². The van der Waals surface area contributed by atoms with Gasteiger partial charge in [0.1, 0.15) is 0 Å². The van der Waals surface area contributed by atoms with Gasteiger partial charge in [-0.25, -0.2) is 0 Å². The van der Waals surface area contributed by atoms with Crippen molar-refractivity contribution < 1.29 is 14.5 Å². The maximum atomic E-state index is 12.5. The highest BCUT2D eigenvalue weighted by molar-refractivity contribution is 7.99. The summed E-state index contributed by atoms with van der Waals surface area (Å²) < 4.78 is 5.01. The minimum Gasteiger partial charge on any atom is -0.384 e. The van der Waals surface area contributed by atoms with Crippen LogP contribution >= 0.6 is 23.4 Å². The third-order valence-electron chi connectivity index (χ3n) is 3.09. The summed E-state index contributed by atoms with van der Waals surface area (Å²) in [5, 5.41) is 13.5. The smallest absolute Gasteiger partial charge is 0.271 e. The number of nitro benzene ring substituents is 1. The van der Waals surface area contributed by atoms with E-state index in [0.29, 0.717) is 17.9 Å². The predicted octanol–water partition coefficient (Wildman–Crippen LogP) is 4.24. The molecule has 2 aromatic carbocycles. The zero-order valence-electron chi connectivity index (χ0n) is 12.8. The molecular weight excluding hydrogens is 352 g/mol. The molecule has 0 bridgehead atoms. The second-order valence-corrected chi connectivity index (χ2v) is 6.26. The summed E-state index contributed by atoms with van der Waals surface area (Å²) in [4.78, 5) is 23.5. The number of rotatable bonds is 7. The maximum absolute atomic E-state index is 12.5. The van der Waals surface area contributed by atoms with E-state index >= 15 is 0 Å². The van der Waals surface area contributed by atoms with Gasteiger partial charge in [0.2, 0.25) is 0 Å². The van der Waals surface area contributed by atoms with E-state index in [4.69, 9.17) is 16.3 Å². The number of nitrogens with zero attached hydrogens (tertiary/aromatic N) is 1. The number of non-ortho nitro benzene ring substituents is 1. The molecule has 0 aliphatic carbocycles. The normalized spacial score (nSPS) is 10.4. The maximum Gasteiger partial charge on any atom is 0.271 e. The van der Waals surface area contributed by atoms with Gasteiger partial charge in [-0.3, -0.25) is 14.9 Å². The van der Waals surface area contributed by atoms with Crippen molar-refractivity contribution in [3.05, 3.63) is 63.2 Å². The lowest BCUT2D eigenvalue weighted by atomic mass is 10.2. The number of carbonyl (C=O) groups excluding carboxylic acids is 1. The van der Waals surface area contributed by atoms with E-state index in [-0.39, 0.29) is 16.6 Å². The van der Waals surface area contributed by atoms with E-state index in [1.165, 1.54) is 30.0 Å². The molecule has 8 heteroatoms. The molecule has 0 saturated heterocycles. The molecule has 0 aromatic heterocycles. The Morgan fingerprint density at radius 1 is 1.33 bits per heavy atom. The minimum absolute atomic E-state index is 0.113. The van der Waals surface area contributed by atoms with E-state index in [1.807, 2.05) is 12.1 Å². The van der Waals surface area contributed by atoms with Crippen molar-refractivity contribution in [3.63, 3.8) is 0 Å². The third-order valence-corrected chi connectivity index (χ3v) is 4.44. The summed E-state index contributed by atoms with van der Waals surface area (Å²) in [6.45, 7) is 0.578. The first-order valence-electron chi connectivity index (χ1n) is 6.99. The number of methoxy groups -OCH3 is 1. The molecule has 126 valence electrons. The number of thioether (sulfide) groups is 1. The standard InChI is InChI=1S/C16H15ClN2O4S/c1-23-8-9-24-15-5-3-2-4-12(15)16(20)18-14-7-6-11(19(21)22)10-13(14)17/h2-7,10H,8-9H2,1H3,(H,18,20). The Morgan fingerprint density at radius 2 is 2.08 bits per heavy atom. The van der Waals surface area contributed by atoms with E-state index in [2.05, 4.69) is 5.32 Å². The van der Waals surface area contributed by atoms with Crippen LogP contribution in [0.25, 0.3) is 0 Å². The van der Waals surface area contributed by atoms with Crippen molar-refractivity contribution in [1.29, 1.82) is 0 Å². The number of nitrogens with one attached hydrogen (secondary N) is 1. The summed E-state index contributed by atoms with van der Waals surface area (Å²) in [6, 6.07) is 11.1. The highest BCUT2D eigenvalue weighted by Crippen LogP contribution is 2.28. The van der Waals surface area contributed by atoms with Crippen molar-refractivity contribution >= 4 is 40.6 Å². The molecule has 0 aliphatic rings. The number of halogens is 1. The van der Waals surface area contributed by atoms with Crippen LogP contribution in [-0.4, -0.2) is 30.3 Å². The van der Waals surface area contributed by atoms with Gasteiger partial charge in [0, 0.05) is 29.9 Å². The molecule has 2 rings (SSSR count). The Hall–Kier alpha value is -2.09. The Morgan fingerprint density at radius 3 is 2.75 bits per heavy atom. The molecule has 0 heterocycles. The Labute approximate surface area is 148 Å². The Balaban J connectivity index is 2.17. The average molecular weight is 367 g/mol. The molecule has 2 aromatic rings. The second-order valence-electron chi connectivity index (χ2n) is 4.71. The lowest BCUT2D eigenvalue weighted by Gasteiger charge is -2.10. The average Bonchev–Trinajstić information content (AvgIpc) is 2.57. The Kier molecular flexibility index (Phi) is 6.60. The van der Waals surface area contributed by atoms with Crippen LogP contribution in [0.3, 0.4) is 0 Å². The number of ether oxygens (including phenoxy) is 1. The monoisotopic (exact) mass is 366 g/mol. The molecule has 24 heavy (non-hydrogen) atoms. The first-order chi connectivity index (χ1) is 11.5. The summed E-state index contributed by atoms with van der Waals surface area (Å²) in [5.74, 6) is 0.394. The molecule has 0 unspecified atom stereocenters. The molecule has 0 fully saturated rings. The number of nitro groups is 1. The quantitative estimate of drug-likeness (QED) is 0.343. The predicted molar refractivity (Wildman–Crippen MR) is 95.1 cm³/mol. The van der Waals surface area contributed by atoms with E-state index in [0.717, 1.165) is 10.6 Å². The first-order valence-corrected chi connectivity index (χ1v) is 8.35.